The van der Waals surface area contributed by atoms with Gasteiger partial charge in [0.05, 0.1) is 13.7 Å². The standard InChI is InChI=1S/C20H32O.C2H4O2/c1-3-8-17(4-2)15-18-11-13-20(14-12-18)21-16-19-9-6-5-7-10-19;1-4-2-3/h11-14,17,19H,3-10,15-16H2,1-2H3;2H,1H3. The zero-order valence-electron chi connectivity index (χ0n) is 16.3. The van der Waals surface area contributed by atoms with Crippen LogP contribution in [0.3, 0.4) is 0 Å². The van der Waals surface area contributed by atoms with Gasteiger partial charge >= 0.3 is 0 Å². The summed E-state index contributed by atoms with van der Waals surface area (Å²) in [7, 11) is 1.31. The van der Waals surface area contributed by atoms with E-state index in [1.807, 2.05) is 0 Å². The Hall–Kier alpha value is -1.51. The average Bonchev–Trinajstić information content (AvgIpc) is 2.68. The van der Waals surface area contributed by atoms with Gasteiger partial charge in [-0.3, -0.25) is 4.79 Å². The Balaban J connectivity index is 0.000000705. The Morgan fingerprint density at radius 2 is 1.76 bits per heavy atom. The number of carbonyl (C=O) groups excluding carboxylic acids is 1. The minimum Gasteiger partial charge on any atom is -0.493 e. The molecule has 142 valence electrons. The van der Waals surface area contributed by atoms with Crippen LogP contribution in [-0.2, 0) is 16.0 Å². The monoisotopic (exact) mass is 348 g/mol. The Bertz CT molecular complexity index is 435. The maximum absolute atomic E-state index is 8.95. The fourth-order valence-corrected chi connectivity index (χ4v) is 3.48. The molecule has 1 atom stereocenters. The molecule has 0 heterocycles. The van der Waals surface area contributed by atoms with Gasteiger partial charge in [0.25, 0.3) is 6.47 Å². The molecule has 0 amide bonds. The van der Waals surface area contributed by atoms with Crippen molar-refractivity contribution in [3.63, 3.8) is 0 Å². The van der Waals surface area contributed by atoms with E-state index in [0.717, 1.165) is 24.2 Å². The minimum atomic E-state index is 0.375. The van der Waals surface area contributed by atoms with E-state index in [9.17, 15) is 0 Å². The second-order valence-corrected chi connectivity index (χ2v) is 7.06. The maximum atomic E-state index is 8.95. The van der Waals surface area contributed by atoms with Crippen molar-refractivity contribution in [2.45, 2.75) is 71.6 Å². The molecule has 3 heteroatoms. The van der Waals surface area contributed by atoms with Crippen LogP contribution in [0.1, 0.15) is 70.8 Å². The van der Waals surface area contributed by atoms with Gasteiger partial charge < -0.3 is 9.47 Å². The van der Waals surface area contributed by atoms with E-state index in [1.54, 1.807) is 0 Å². The van der Waals surface area contributed by atoms with E-state index in [2.05, 4.69) is 42.8 Å². The molecular formula is C22H36O3. The van der Waals surface area contributed by atoms with Crippen molar-refractivity contribution in [3.8, 4) is 5.75 Å². The number of methoxy groups -OCH3 is 1. The molecule has 3 nitrogen and oxygen atoms in total. The average molecular weight is 349 g/mol. The van der Waals surface area contributed by atoms with Crippen molar-refractivity contribution < 1.29 is 14.3 Å². The van der Waals surface area contributed by atoms with Gasteiger partial charge in [0.15, 0.2) is 0 Å². The molecule has 25 heavy (non-hydrogen) atoms. The molecule has 2 rings (SSSR count). The Labute approximate surface area is 154 Å². The molecule has 0 saturated heterocycles. The van der Waals surface area contributed by atoms with Gasteiger partial charge in [0.2, 0.25) is 0 Å². The summed E-state index contributed by atoms with van der Waals surface area (Å²) in [6.07, 6.45) is 12.0. The van der Waals surface area contributed by atoms with Crippen LogP contribution in [0.5, 0.6) is 5.75 Å². The normalized spacial score (nSPS) is 15.6. The maximum Gasteiger partial charge on any atom is 0.292 e. The molecule has 0 radical (unpaired) electrons. The van der Waals surface area contributed by atoms with Crippen LogP contribution in [0.15, 0.2) is 24.3 Å². The van der Waals surface area contributed by atoms with Gasteiger partial charge in [-0.15, -0.1) is 0 Å². The molecule has 0 N–H and O–H groups in total. The summed E-state index contributed by atoms with van der Waals surface area (Å²) in [6, 6.07) is 8.84. The highest BCUT2D eigenvalue weighted by Gasteiger charge is 2.14. The molecular weight excluding hydrogens is 312 g/mol. The molecule has 0 aromatic heterocycles. The summed E-state index contributed by atoms with van der Waals surface area (Å²) < 4.78 is 9.84. The van der Waals surface area contributed by atoms with Crippen molar-refractivity contribution in [1.82, 2.24) is 0 Å². The summed E-state index contributed by atoms with van der Waals surface area (Å²) in [6.45, 7) is 5.87. The highest BCUT2D eigenvalue weighted by atomic mass is 16.5. The van der Waals surface area contributed by atoms with Crippen molar-refractivity contribution in [2.24, 2.45) is 11.8 Å². The van der Waals surface area contributed by atoms with E-state index in [1.165, 1.54) is 70.5 Å². The fourth-order valence-electron chi connectivity index (χ4n) is 3.48. The third-order valence-electron chi connectivity index (χ3n) is 5.03. The van der Waals surface area contributed by atoms with Gasteiger partial charge in [-0.2, -0.15) is 0 Å². The first kappa shape index (κ1) is 21.5. The number of ether oxygens (including phenoxy) is 2. The van der Waals surface area contributed by atoms with Crippen LogP contribution in [0.25, 0.3) is 0 Å². The largest absolute Gasteiger partial charge is 0.493 e. The van der Waals surface area contributed by atoms with Crippen LogP contribution in [-0.4, -0.2) is 20.2 Å². The lowest BCUT2D eigenvalue weighted by Gasteiger charge is -2.21. The molecule has 1 fully saturated rings. The lowest BCUT2D eigenvalue weighted by atomic mass is 9.90. The van der Waals surface area contributed by atoms with Gasteiger partial charge in [-0.1, -0.05) is 64.5 Å². The number of hydrogen-bond acceptors (Lipinski definition) is 3. The van der Waals surface area contributed by atoms with Crippen LogP contribution < -0.4 is 4.74 Å². The van der Waals surface area contributed by atoms with Crippen molar-refractivity contribution >= 4 is 6.47 Å². The van der Waals surface area contributed by atoms with Crippen molar-refractivity contribution in [2.75, 3.05) is 13.7 Å². The van der Waals surface area contributed by atoms with Gasteiger partial charge in [0.1, 0.15) is 5.75 Å². The Morgan fingerprint density at radius 3 is 2.28 bits per heavy atom. The summed E-state index contributed by atoms with van der Waals surface area (Å²) in [5.41, 5.74) is 1.46. The molecule has 1 unspecified atom stereocenters. The predicted molar refractivity (Wildman–Crippen MR) is 104 cm³/mol. The molecule has 0 aliphatic heterocycles. The molecule has 1 saturated carbocycles. The molecule has 0 bridgehead atoms. The molecule has 0 spiro atoms. The smallest absolute Gasteiger partial charge is 0.292 e. The van der Waals surface area contributed by atoms with Crippen molar-refractivity contribution in [3.05, 3.63) is 29.8 Å². The quantitative estimate of drug-likeness (QED) is 0.529. The highest BCUT2D eigenvalue weighted by molar-refractivity contribution is 5.36. The van der Waals surface area contributed by atoms with E-state index >= 15 is 0 Å². The third kappa shape index (κ3) is 9.52. The minimum absolute atomic E-state index is 0.375. The summed E-state index contributed by atoms with van der Waals surface area (Å²) in [4.78, 5) is 8.95. The Kier molecular flexibility index (Phi) is 11.8. The first-order valence-corrected chi connectivity index (χ1v) is 9.91. The first-order valence-electron chi connectivity index (χ1n) is 9.91. The van der Waals surface area contributed by atoms with Gasteiger partial charge in [-0.25, -0.2) is 0 Å². The molecule has 1 aromatic rings. The van der Waals surface area contributed by atoms with Crippen LogP contribution in [0.4, 0.5) is 0 Å². The SMILES string of the molecule is CCCC(CC)Cc1ccc(OCC2CCCCC2)cc1.COC=O. The highest BCUT2D eigenvalue weighted by Crippen LogP contribution is 2.25. The number of benzene rings is 1. The lowest BCUT2D eigenvalue weighted by molar-refractivity contribution is -0.126. The van der Waals surface area contributed by atoms with E-state index in [4.69, 9.17) is 9.53 Å². The van der Waals surface area contributed by atoms with Gasteiger partial charge in [-0.05, 0) is 48.8 Å². The second-order valence-electron chi connectivity index (χ2n) is 7.06. The van der Waals surface area contributed by atoms with E-state index < -0.39 is 0 Å². The van der Waals surface area contributed by atoms with Gasteiger partial charge in [0, 0.05) is 0 Å². The van der Waals surface area contributed by atoms with Crippen LogP contribution >= 0.6 is 0 Å². The predicted octanol–water partition coefficient (Wildman–Crippen LogP) is 5.80. The number of hydrogen-bond donors (Lipinski definition) is 0. The zero-order chi connectivity index (χ0) is 18.3. The van der Waals surface area contributed by atoms with Crippen LogP contribution in [0.2, 0.25) is 0 Å². The topological polar surface area (TPSA) is 35.5 Å². The number of rotatable bonds is 9. The summed E-state index contributed by atoms with van der Waals surface area (Å²) in [5, 5.41) is 0. The summed E-state index contributed by atoms with van der Waals surface area (Å²) >= 11 is 0. The zero-order valence-corrected chi connectivity index (χ0v) is 16.3. The molecule has 1 aromatic carbocycles. The van der Waals surface area contributed by atoms with E-state index in [0.29, 0.717) is 6.47 Å². The Morgan fingerprint density at radius 1 is 1.12 bits per heavy atom. The third-order valence-corrected chi connectivity index (χ3v) is 5.03. The van der Waals surface area contributed by atoms with Crippen LogP contribution in [0, 0.1) is 11.8 Å². The second kappa shape index (κ2) is 13.7. The first-order chi connectivity index (χ1) is 12.2. The molecule has 1 aliphatic carbocycles. The van der Waals surface area contributed by atoms with Crippen molar-refractivity contribution in [1.29, 1.82) is 0 Å². The van der Waals surface area contributed by atoms with E-state index in [-0.39, 0.29) is 0 Å². The lowest BCUT2D eigenvalue weighted by Crippen LogP contribution is -2.15. The molecule has 1 aliphatic rings. The fraction of sp³-hybridized carbons (Fsp3) is 0.682. The number of carbonyl (C=O) groups is 1. The summed E-state index contributed by atoms with van der Waals surface area (Å²) in [5.74, 6) is 2.67.